The molecule has 0 spiro atoms. The molecular weight excluding hydrogens is 474 g/mol. The van der Waals surface area contributed by atoms with Crippen LogP contribution in [0.1, 0.15) is 17.4 Å². The summed E-state index contributed by atoms with van der Waals surface area (Å²) in [7, 11) is 5.60. The van der Waals surface area contributed by atoms with Crippen molar-refractivity contribution >= 4 is 53.1 Å². The fourth-order valence-corrected chi connectivity index (χ4v) is 2.82. The van der Waals surface area contributed by atoms with Crippen LogP contribution in [-0.4, -0.2) is 41.2 Å². The molecule has 1 unspecified atom stereocenters. The summed E-state index contributed by atoms with van der Waals surface area (Å²) in [4.78, 5) is 6.23. The fourth-order valence-electron chi connectivity index (χ4n) is 2.42. The highest BCUT2D eigenvalue weighted by atomic mass is 127. The molecule has 0 amide bonds. The molecule has 25 heavy (non-hydrogen) atoms. The van der Waals surface area contributed by atoms with Gasteiger partial charge < -0.3 is 19.9 Å². The van der Waals surface area contributed by atoms with E-state index in [2.05, 4.69) is 10.3 Å². The third kappa shape index (κ3) is 6.36. The minimum Gasteiger partial charge on any atom is -0.387 e. The zero-order valence-electron chi connectivity index (χ0n) is 14.4. The molecule has 5 nitrogen and oxygen atoms in total. The lowest BCUT2D eigenvalue weighted by Gasteiger charge is -2.23. The predicted molar refractivity (Wildman–Crippen MR) is 115 cm³/mol. The van der Waals surface area contributed by atoms with Gasteiger partial charge in [-0.1, -0.05) is 35.3 Å². The molecule has 0 aliphatic heterocycles. The second kappa shape index (κ2) is 10.3. The maximum absolute atomic E-state index is 10.3. The summed E-state index contributed by atoms with van der Waals surface area (Å²) in [6.07, 6.45) is 1.22. The zero-order valence-corrected chi connectivity index (χ0v) is 18.3. The first kappa shape index (κ1) is 22.1. The minimum atomic E-state index is -0.642. The number of benzene rings is 1. The average molecular weight is 497 g/mol. The van der Waals surface area contributed by atoms with Crippen molar-refractivity contribution in [2.45, 2.75) is 12.6 Å². The number of aliphatic hydroxyl groups is 1. The normalized spacial score (nSPS) is 12.5. The molecule has 0 aliphatic rings. The average Bonchev–Trinajstić information content (AvgIpc) is 2.85. The Morgan fingerprint density at radius 2 is 1.92 bits per heavy atom. The van der Waals surface area contributed by atoms with Crippen LogP contribution in [0, 0.1) is 0 Å². The topological polar surface area (TPSA) is 52.8 Å². The molecule has 0 saturated carbocycles. The molecule has 138 valence electrons. The zero-order chi connectivity index (χ0) is 17.7. The van der Waals surface area contributed by atoms with Crippen molar-refractivity contribution in [1.82, 2.24) is 14.8 Å². The summed E-state index contributed by atoms with van der Waals surface area (Å²) in [5.41, 5.74) is 1.88. The standard InChI is InChI=1S/C17H22Cl2N4O.HI/c1-20-17(23(3)11-15-8-14(19)10-22(15)2)21-9-16(24)12-4-6-13(18)7-5-12;/h4-8,10,16,24H,9,11H2,1-3H3,(H,20,21);1H. The number of aromatic nitrogens is 1. The Hall–Kier alpha value is -0.960. The molecule has 0 fully saturated rings. The van der Waals surface area contributed by atoms with Crippen molar-refractivity contribution in [3.63, 3.8) is 0 Å². The summed E-state index contributed by atoms with van der Waals surface area (Å²) < 4.78 is 1.98. The molecule has 0 aliphatic carbocycles. The van der Waals surface area contributed by atoms with Gasteiger partial charge in [0.25, 0.3) is 0 Å². The van der Waals surface area contributed by atoms with E-state index >= 15 is 0 Å². The molecule has 2 rings (SSSR count). The van der Waals surface area contributed by atoms with Crippen LogP contribution in [0.15, 0.2) is 41.5 Å². The summed E-state index contributed by atoms with van der Waals surface area (Å²) in [5.74, 6) is 0.695. The monoisotopic (exact) mass is 496 g/mol. The Morgan fingerprint density at radius 1 is 1.28 bits per heavy atom. The molecule has 1 atom stereocenters. The summed E-state index contributed by atoms with van der Waals surface area (Å²) >= 11 is 11.9. The second-order valence-corrected chi connectivity index (χ2v) is 6.48. The van der Waals surface area contributed by atoms with E-state index in [0.29, 0.717) is 29.1 Å². The van der Waals surface area contributed by atoms with E-state index in [-0.39, 0.29) is 24.0 Å². The van der Waals surface area contributed by atoms with Gasteiger partial charge in [0, 0.05) is 44.6 Å². The molecule has 2 N–H and O–H groups in total. The number of guanidine groups is 1. The van der Waals surface area contributed by atoms with Gasteiger partial charge in [-0.2, -0.15) is 0 Å². The van der Waals surface area contributed by atoms with Gasteiger partial charge in [-0.05, 0) is 23.8 Å². The number of hydrogen-bond donors (Lipinski definition) is 2. The maximum Gasteiger partial charge on any atom is 0.193 e. The maximum atomic E-state index is 10.3. The van der Waals surface area contributed by atoms with Gasteiger partial charge in [-0.3, -0.25) is 4.99 Å². The first-order valence-corrected chi connectivity index (χ1v) is 8.32. The number of aryl methyl sites for hydroxylation is 1. The van der Waals surface area contributed by atoms with E-state index < -0.39 is 6.10 Å². The number of aliphatic imine (C=N–C) groups is 1. The van der Waals surface area contributed by atoms with Gasteiger partial charge in [0.05, 0.1) is 17.7 Å². The van der Waals surface area contributed by atoms with Crippen LogP contribution in [0.2, 0.25) is 10.0 Å². The molecule has 1 aromatic heterocycles. The summed E-state index contributed by atoms with van der Waals surface area (Å²) in [6, 6.07) is 9.08. The highest BCUT2D eigenvalue weighted by Gasteiger charge is 2.12. The van der Waals surface area contributed by atoms with E-state index in [1.54, 1.807) is 19.2 Å². The number of nitrogens with zero attached hydrogens (tertiary/aromatic N) is 3. The van der Waals surface area contributed by atoms with E-state index in [1.807, 2.05) is 48.0 Å². The van der Waals surface area contributed by atoms with Gasteiger partial charge >= 0.3 is 0 Å². The second-order valence-electron chi connectivity index (χ2n) is 5.61. The Morgan fingerprint density at radius 3 is 2.44 bits per heavy atom. The number of halogens is 3. The van der Waals surface area contributed by atoms with Crippen molar-refractivity contribution in [3.8, 4) is 0 Å². The van der Waals surface area contributed by atoms with E-state index in [0.717, 1.165) is 11.3 Å². The van der Waals surface area contributed by atoms with Crippen LogP contribution >= 0.6 is 47.2 Å². The van der Waals surface area contributed by atoms with Crippen molar-refractivity contribution < 1.29 is 5.11 Å². The van der Waals surface area contributed by atoms with Crippen molar-refractivity contribution in [1.29, 1.82) is 0 Å². The van der Waals surface area contributed by atoms with Gasteiger partial charge in [-0.15, -0.1) is 24.0 Å². The van der Waals surface area contributed by atoms with Crippen LogP contribution < -0.4 is 5.32 Å². The largest absolute Gasteiger partial charge is 0.387 e. The van der Waals surface area contributed by atoms with Crippen molar-refractivity contribution in [2.24, 2.45) is 12.0 Å². The molecule has 8 heteroatoms. The molecular formula is C17H23Cl2IN4O. The van der Waals surface area contributed by atoms with E-state index in [4.69, 9.17) is 23.2 Å². The van der Waals surface area contributed by atoms with Gasteiger partial charge in [0.1, 0.15) is 0 Å². The minimum absolute atomic E-state index is 0. The van der Waals surface area contributed by atoms with Gasteiger partial charge in [0.15, 0.2) is 5.96 Å². The van der Waals surface area contributed by atoms with E-state index in [1.165, 1.54) is 0 Å². The number of rotatable bonds is 5. The first-order valence-electron chi connectivity index (χ1n) is 7.56. The van der Waals surface area contributed by atoms with Gasteiger partial charge in [0.2, 0.25) is 0 Å². The Balaban J connectivity index is 0.00000312. The molecule has 0 bridgehead atoms. The lowest BCUT2D eigenvalue weighted by molar-refractivity contribution is 0.179. The van der Waals surface area contributed by atoms with Crippen LogP contribution in [0.4, 0.5) is 0 Å². The van der Waals surface area contributed by atoms with Gasteiger partial charge in [-0.25, -0.2) is 0 Å². The summed E-state index contributed by atoms with van der Waals surface area (Å²) in [5, 5.41) is 14.8. The fraction of sp³-hybridized carbons (Fsp3) is 0.353. The predicted octanol–water partition coefficient (Wildman–Crippen LogP) is 3.69. The SMILES string of the molecule is CN=C(NCC(O)c1ccc(Cl)cc1)N(C)Cc1cc(Cl)cn1C.I. The van der Waals surface area contributed by atoms with Crippen LogP contribution in [0.5, 0.6) is 0 Å². The number of hydrogen-bond acceptors (Lipinski definition) is 2. The Kier molecular flexibility index (Phi) is 9.06. The first-order chi connectivity index (χ1) is 11.4. The smallest absolute Gasteiger partial charge is 0.193 e. The van der Waals surface area contributed by atoms with Crippen LogP contribution in [0.25, 0.3) is 0 Å². The Labute approximate surface area is 175 Å². The lowest BCUT2D eigenvalue weighted by Crippen LogP contribution is -2.40. The molecule has 1 aromatic carbocycles. The van der Waals surface area contributed by atoms with Crippen molar-refractivity contribution in [2.75, 3.05) is 20.6 Å². The highest BCUT2D eigenvalue weighted by Crippen LogP contribution is 2.16. The van der Waals surface area contributed by atoms with Crippen LogP contribution in [0.3, 0.4) is 0 Å². The third-order valence-electron chi connectivity index (χ3n) is 3.76. The van der Waals surface area contributed by atoms with Crippen LogP contribution in [-0.2, 0) is 13.6 Å². The van der Waals surface area contributed by atoms with E-state index in [9.17, 15) is 5.11 Å². The van der Waals surface area contributed by atoms with Crippen molar-refractivity contribution in [3.05, 3.63) is 57.8 Å². The summed E-state index contributed by atoms with van der Waals surface area (Å²) in [6.45, 7) is 1.01. The molecule has 2 aromatic rings. The Bertz CT molecular complexity index is 703. The number of nitrogens with one attached hydrogen (secondary N) is 1. The highest BCUT2D eigenvalue weighted by molar-refractivity contribution is 14.0. The number of aliphatic hydroxyl groups excluding tert-OH is 1. The molecule has 0 saturated heterocycles. The molecule has 0 radical (unpaired) electrons. The molecule has 1 heterocycles. The lowest BCUT2D eigenvalue weighted by atomic mass is 10.1. The quantitative estimate of drug-likeness (QED) is 0.377. The third-order valence-corrected chi connectivity index (χ3v) is 4.21.